The molecule has 0 aromatic carbocycles. The monoisotopic (exact) mass is 445 g/mol. The van der Waals surface area contributed by atoms with E-state index in [2.05, 4.69) is 27.8 Å². The Hall–Kier alpha value is 0.250. The first kappa shape index (κ1) is 32.4. The molecular weight excluding hydrogens is 386 g/mol. The summed E-state index contributed by atoms with van der Waals surface area (Å²) in [7, 11) is 2.54. The molecule has 30 heavy (non-hydrogen) atoms. The van der Waals surface area contributed by atoms with Gasteiger partial charge in [-0.05, 0) is 32.1 Å². The minimum absolute atomic E-state index is 0. The highest BCUT2D eigenvalue weighted by atomic mass is 35.5. The van der Waals surface area contributed by atoms with Crippen LogP contribution in [0.25, 0.3) is 0 Å². The summed E-state index contributed by atoms with van der Waals surface area (Å²) in [6.45, 7) is 11.2. The zero-order valence-electron chi connectivity index (χ0n) is 21.8. The summed E-state index contributed by atoms with van der Waals surface area (Å²) >= 11 is 0. The lowest BCUT2D eigenvalue weighted by molar-refractivity contribution is -0.910. The average Bonchev–Trinajstić information content (AvgIpc) is 2.72. The molecule has 0 saturated heterocycles. The molecule has 1 atom stereocenters. The van der Waals surface area contributed by atoms with Crippen LogP contribution in [0.15, 0.2) is 0 Å². The molecule has 0 amide bonds. The standard InChI is InChI=1S/C28H60N.ClH/c1-5-8-11-13-14-15-16-17-18-19-20-21-23-25-28-29(4,26-10-7-3)27-24-22-12-9-6-2;/h5-28H2,1-4H3;1H/q+1;/p-1. The van der Waals surface area contributed by atoms with Crippen LogP contribution in [-0.4, -0.2) is 31.2 Å². The van der Waals surface area contributed by atoms with Gasteiger partial charge in [0.15, 0.2) is 0 Å². The Morgan fingerprint density at radius 1 is 0.333 bits per heavy atom. The number of hydrogen-bond acceptors (Lipinski definition) is 0. The number of quaternary nitrogens is 1. The van der Waals surface area contributed by atoms with Gasteiger partial charge in [0.05, 0.1) is 26.7 Å². The maximum atomic E-state index is 2.54. The topological polar surface area (TPSA) is 0 Å². The van der Waals surface area contributed by atoms with Gasteiger partial charge in [-0.3, -0.25) is 0 Å². The minimum atomic E-state index is 0. The van der Waals surface area contributed by atoms with Crippen molar-refractivity contribution in [1.29, 1.82) is 0 Å². The molecule has 0 rings (SSSR count). The number of nitrogens with zero attached hydrogens (tertiary/aromatic N) is 1. The molecule has 0 bridgehead atoms. The number of rotatable bonds is 24. The van der Waals surface area contributed by atoms with E-state index in [-0.39, 0.29) is 12.4 Å². The van der Waals surface area contributed by atoms with Crippen LogP contribution in [-0.2, 0) is 0 Å². The van der Waals surface area contributed by atoms with Crippen LogP contribution in [0.3, 0.4) is 0 Å². The predicted octanol–water partition coefficient (Wildman–Crippen LogP) is 6.69. The first-order valence-corrected chi connectivity index (χ1v) is 14.0. The summed E-state index contributed by atoms with van der Waals surface area (Å²) < 4.78 is 1.35. The molecule has 184 valence electrons. The molecule has 0 spiro atoms. The lowest BCUT2D eigenvalue weighted by atomic mass is 10.0. The third kappa shape index (κ3) is 22.9. The fourth-order valence-electron chi connectivity index (χ4n) is 4.66. The second kappa shape index (κ2) is 25.5. The van der Waals surface area contributed by atoms with Crippen molar-refractivity contribution in [3.8, 4) is 0 Å². The largest absolute Gasteiger partial charge is 1.00 e. The summed E-state index contributed by atoms with van der Waals surface area (Å²) in [5, 5.41) is 0. The Morgan fingerprint density at radius 2 is 0.567 bits per heavy atom. The number of unbranched alkanes of at least 4 members (excludes halogenated alkanes) is 18. The maximum Gasteiger partial charge on any atom is 0.0784 e. The lowest BCUT2D eigenvalue weighted by Crippen LogP contribution is -3.00. The van der Waals surface area contributed by atoms with Crippen LogP contribution in [0.2, 0.25) is 0 Å². The Kier molecular flexibility index (Phi) is 27.6. The molecule has 0 aromatic heterocycles. The summed E-state index contributed by atoms with van der Waals surface area (Å²) in [5.74, 6) is 0. The normalized spacial score (nSPS) is 13.2. The van der Waals surface area contributed by atoms with E-state index >= 15 is 0 Å². The van der Waals surface area contributed by atoms with Crippen LogP contribution in [0.4, 0.5) is 0 Å². The molecule has 0 saturated carbocycles. The summed E-state index contributed by atoms with van der Waals surface area (Å²) in [4.78, 5) is 0. The Balaban J connectivity index is 0. The molecule has 0 N–H and O–H groups in total. The summed E-state index contributed by atoms with van der Waals surface area (Å²) in [5.41, 5.74) is 0. The molecule has 2 heteroatoms. The van der Waals surface area contributed by atoms with E-state index in [0.29, 0.717) is 0 Å². The van der Waals surface area contributed by atoms with Gasteiger partial charge in [-0.1, -0.05) is 124 Å². The van der Waals surface area contributed by atoms with Gasteiger partial charge in [0.25, 0.3) is 0 Å². The van der Waals surface area contributed by atoms with Crippen molar-refractivity contribution >= 4 is 0 Å². The van der Waals surface area contributed by atoms with Crippen molar-refractivity contribution < 1.29 is 16.9 Å². The zero-order valence-corrected chi connectivity index (χ0v) is 22.6. The van der Waals surface area contributed by atoms with E-state index in [0.717, 1.165) is 0 Å². The van der Waals surface area contributed by atoms with E-state index in [4.69, 9.17) is 0 Å². The number of halogens is 1. The van der Waals surface area contributed by atoms with Crippen LogP contribution < -0.4 is 12.4 Å². The SMILES string of the molecule is CCCCCCCCCCCCCCCC[N+](C)(CCCC)CCCCCCC.[Cl-]. The summed E-state index contributed by atoms with van der Waals surface area (Å²) in [6.07, 6.45) is 30.4. The van der Waals surface area contributed by atoms with Crippen LogP contribution in [0.5, 0.6) is 0 Å². The summed E-state index contributed by atoms with van der Waals surface area (Å²) in [6, 6.07) is 0. The highest BCUT2D eigenvalue weighted by Crippen LogP contribution is 2.16. The smallest absolute Gasteiger partial charge is 0.0784 e. The van der Waals surface area contributed by atoms with Gasteiger partial charge in [0, 0.05) is 0 Å². The van der Waals surface area contributed by atoms with E-state index in [9.17, 15) is 0 Å². The maximum absolute atomic E-state index is 2.54. The third-order valence-electron chi connectivity index (χ3n) is 6.90. The minimum Gasteiger partial charge on any atom is -1.00 e. The Bertz CT molecular complexity index is 307. The van der Waals surface area contributed by atoms with Crippen molar-refractivity contribution in [1.82, 2.24) is 0 Å². The second-order valence-electron chi connectivity index (χ2n) is 10.2. The molecule has 0 aliphatic carbocycles. The van der Waals surface area contributed by atoms with Gasteiger partial charge in [0.1, 0.15) is 0 Å². The van der Waals surface area contributed by atoms with Crippen molar-refractivity contribution in [2.75, 3.05) is 26.7 Å². The first-order valence-electron chi connectivity index (χ1n) is 14.0. The van der Waals surface area contributed by atoms with E-state index in [1.165, 1.54) is 159 Å². The molecule has 1 unspecified atom stereocenters. The van der Waals surface area contributed by atoms with Gasteiger partial charge in [0.2, 0.25) is 0 Å². The van der Waals surface area contributed by atoms with Crippen LogP contribution in [0, 0.1) is 0 Å². The van der Waals surface area contributed by atoms with E-state index in [1.54, 1.807) is 0 Å². The van der Waals surface area contributed by atoms with Crippen LogP contribution in [0.1, 0.15) is 156 Å². The fraction of sp³-hybridized carbons (Fsp3) is 1.00. The van der Waals surface area contributed by atoms with Crippen LogP contribution >= 0.6 is 0 Å². The Morgan fingerprint density at radius 3 is 0.867 bits per heavy atom. The first-order chi connectivity index (χ1) is 14.2. The Labute approximate surface area is 199 Å². The van der Waals surface area contributed by atoms with Crippen molar-refractivity contribution in [3.63, 3.8) is 0 Å². The highest BCUT2D eigenvalue weighted by Gasteiger charge is 2.19. The number of hydrogen-bond donors (Lipinski definition) is 0. The van der Waals surface area contributed by atoms with E-state index in [1.807, 2.05) is 0 Å². The average molecular weight is 446 g/mol. The van der Waals surface area contributed by atoms with Gasteiger partial charge >= 0.3 is 0 Å². The molecule has 0 fully saturated rings. The molecule has 0 aliphatic heterocycles. The van der Waals surface area contributed by atoms with E-state index < -0.39 is 0 Å². The third-order valence-corrected chi connectivity index (χ3v) is 6.90. The lowest BCUT2D eigenvalue weighted by Gasteiger charge is -2.35. The predicted molar refractivity (Wildman–Crippen MR) is 135 cm³/mol. The molecule has 0 heterocycles. The van der Waals surface area contributed by atoms with Gasteiger partial charge in [-0.15, -0.1) is 0 Å². The molecule has 1 nitrogen and oxygen atoms in total. The zero-order chi connectivity index (χ0) is 21.5. The van der Waals surface area contributed by atoms with Crippen molar-refractivity contribution in [2.24, 2.45) is 0 Å². The van der Waals surface area contributed by atoms with Crippen molar-refractivity contribution in [2.45, 2.75) is 156 Å². The molecule has 0 radical (unpaired) electrons. The molecule has 0 aliphatic rings. The van der Waals surface area contributed by atoms with Gasteiger partial charge in [-0.25, -0.2) is 0 Å². The fourth-order valence-corrected chi connectivity index (χ4v) is 4.66. The van der Waals surface area contributed by atoms with Gasteiger partial charge < -0.3 is 16.9 Å². The molecular formula is C28H60ClN. The second-order valence-corrected chi connectivity index (χ2v) is 10.2. The highest BCUT2D eigenvalue weighted by molar-refractivity contribution is 4.51. The van der Waals surface area contributed by atoms with Crippen molar-refractivity contribution in [3.05, 3.63) is 0 Å². The quantitative estimate of drug-likeness (QED) is 0.115. The molecule has 0 aromatic rings. The van der Waals surface area contributed by atoms with Gasteiger partial charge in [-0.2, -0.15) is 0 Å².